The third-order valence-electron chi connectivity index (χ3n) is 4.53. The van der Waals surface area contributed by atoms with E-state index in [2.05, 4.69) is 25.6 Å². The van der Waals surface area contributed by atoms with Crippen LogP contribution < -0.4 is 10.6 Å². The minimum atomic E-state index is -4.51. The molecular formula is C18H17F3N6O. The molecule has 0 aliphatic carbocycles. The molecule has 0 saturated heterocycles. The van der Waals surface area contributed by atoms with Crippen molar-refractivity contribution in [2.45, 2.75) is 19.6 Å². The zero-order chi connectivity index (χ0) is 20.1. The molecule has 3 heterocycles. The van der Waals surface area contributed by atoms with Crippen LogP contribution in [0.25, 0.3) is 11.0 Å². The molecule has 0 bridgehead atoms. The molecule has 0 spiro atoms. The molecule has 0 unspecified atom stereocenters. The van der Waals surface area contributed by atoms with Crippen LogP contribution in [0.1, 0.15) is 28.4 Å². The summed E-state index contributed by atoms with van der Waals surface area (Å²) in [5, 5.41) is 5.78. The van der Waals surface area contributed by atoms with Crippen LogP contribution in [0.5, 0.6) is 0 Å². The summed E-state index contributed by atoms with van der Waals surface area (Å²) in [6, 6.07) is 5.24. The van der Waals surface area contributed by atoms with Crippen LogP contribution in [-0.4, -0.2) is 39.4 Å². The van der Waals surface area contributed by atoms with Gasteiger partial charge in [0.15, 0.2) is 0 Å². The van der Waals surface area contributed by atoms with Crippen molar-refractivity contribution >= 4 is 34.4 Å². The molecule has 4 rings (SSSR count). The van der Waals surface area contributed by atoms with Gasteiger partial charge in [-0.05, 0) is 30.7 Å². The van der Waals surface area contributed by atoms with E-state index < -0.39 is 11.7 Å². The van der Waals surface area contributed by atoms with E-state index in [1.807, 2.05) is 6.07 Å². The number of amides is 1. The predicted octanol–water partition coefficient (Wildman–Crippen LogP) is 3.74. The predicted molar refractivity (Wildman–Crippen MR) is 98.6 cm³/mol. The molecule has 3 N–H and O–H groups in total. The van der Waals surface area contributed by atoms with Crippen molar-refractivity contribution in [3.8, 4) is 0 Å². The topological polar surface area (TPSA) is 85.9 Å². The number of hydrogen-bond acceptors (Lipinski definition) is 5. The highest BCUT2D eigenvalue weighted by molar-refractivity contribution is 5.98. The second kappa shape index (κ2) is 6.39. The van der Waals surface area contributed by atoms with Crippen molar-refractivity contribution in [2.75, 3.05) is 24.2 Å². The maximum absolute atomic E-state index is 13.3. The van der Waals surface area contributed by atoms with E-state index in [1.54, 1.807) is 31.0 Å². The maximum atomic E-state index is 13.3. The molecule has 1 amide bonds. The number of nitrogens with one attached hydrogen (secondary N) is 3. The van der Waals surface area contributed by atoms with Crippen LogP contribution in [0.4, 0.5) is 30.6 Å². The molecular weight excluding hydrogens is 373 g/mol. The number of rotatable bonds is 4. The minimum absolute atomic E-state index is 0.0419. The van der Waals surface area contributed by atoms with Gasteiger partial charge in [0.05, 0.1) is 10.9 Å². The number of halogens is 3. The van der Waals surface area contributed by atoms with E-state index in [0.29, 0.717) is 24.3 Å². The summed E-state index contributed by atoms with van der Waals surface area (Å²) in [5.74, 6) is 0.205. The van der Waals surface area contributed by atoms with Gasteiger partial charge in [0.25, 0.3) is 5.91 Å². The summed E-state index contributed by atoms with van der Waals surface area (Å²) in [7, 11) is 1.72. The van der Waals surface area contributed by atoms with E-state index in [9.17, 15) is 18.0 Å². The number of fused-ring (bicyclic) bond motifs is 2. The summed E-state index contributed by atoms with van der Waals surface area (Å²) in [6.45, 7) is 2.67. The number of aromatic amines is 1. The first-order valence-corrected chi connectivity index (χ1v) is 8.63. The summed E-state index contributed by atoms with van der Waals surface area (Å²) < 4.78 is 39.8. The van der Waals surface area contributed by atoms with E-state index in [1.165, 1.54) is 0 Å². The van der Waals surface area contributed by atoms with Gasteiger partial charge in [-0.2, -0.15) is 23.1 Å². The van der Waals surface area contributed by atoms with Gasteiger partial charge < -0.3 is 20.5 Å². The standard InChI is InChI=1S/C18H17F3N6O/c1-3-22-14-13-12(18(19,20)21)7-23-15(13)26-17(25-14)24-10-4-5-11-9(6-10)8-27(2)16(11)28/h4-7H,3,8H2,1-2H3,(H3,22,23,24,25,26). The quantitative estimate of drug-likeness (QED) is 0.632. The number of carbonyl (C=O) groups excluding carboxylic acids is 1. The van der Waals surface area contributed by atoms with E-state index in [-0.39, 0.29) is 28.7 Å². The Labute approximate surface area is 158 Å². The third kappa shape index (κ3) is 3.00. The van der Waals surface area contributed by atoms with Gasteiger partial charge in [0, 0.05) is 37.6 Å². The third-order valence-corrected chi connectivity index (χ3v) is 4.53. The highest BCUT2D eigenvalue weighted by atomic mass is 19.4. The Balaban J connectivity index is 1.72. The number of benzene rings is 1. The molecule has 28 heavy (non-hydrogen) atoms. The fourth-order valence-corrected chi connectivity index (χ4v) is 3.28. The summed E-state index contributed by atoms with van der Waals surface area (Å²) in [6.07, 6.45) is -3.62. The normalized spacial score (nSPS) is 13.9. The molecule has 10 heteroatoms. The molecule has 7 nitrogen and oxygen atoms in total. The number of H-pyrrole nitrogens is 1. The number of alkyl halides is 3. The first-order chi connectivity index (χ1) is 13.3. The lowest BCUT2D eigenvalue weighted by atomic mass is 10.1. The monoisotopic (exact) mass is 390 g/mol. The molecule has 0 saturated carbocycles. The summed E-state index contributed by atoms with van der Waals surface area (Å²) in [4.78, 5) is 24.6. The van der Waals surface area contributed by atoms with Gasteiger partial charge in [-0.3, -0.25) is 4.79 Å². The average Bonchev–Trinajstić information content (AvgIpc) is 3.17. The highest BCUT2D eigenvalue weighted by Gasteiger charge is 2.35. The first kappa shape index (κ1) is 18.1. The average molecular weight is 390 g/mol. The van der Waals surface area contributed by atoms with Crippen molar-refractivity contribution in [2.24, 2.45) is 0 Å². The SMILES string of the molecule is CCNc1nc(Nc2ccc3c(c2)CN(C)C3=O)nc2[nH]cc(C(F)(F)F)c12. The molecule has 0 fully saturated rings. The zero-order valence-corrected chi connectivity index (χ0v) is 15.1. The van der Waals surface area contributed by atoms with Crippen LogP contribution in [0.3, 0.4) is 0 Å². The van der Waals surface area contributed by atoms with Crippen molar-refractivity contribution in [3.05, 3.63) is 41.1 Å². The van der Waals surface area contributed by atoms with E-state index in [4.69, 9.17) is 0 Å². The molecule has 0 radical (unpaired) electrons. The van der Waals surface area contributed by atoms with Gasteiger partial charge in [0.1, 0.15) is 11.5 Å². The lowest BCUT2D eigenvalue weighted by molar-refractivity contribution is -0.136. The number of carbonyl (C=O) groups is 1. The van der Waals surface area contributed by atoms with Crippen LogP contribution >= 0.6 is 0 Å². The van der Waals surface area contributed by atoms with Crippen LogP contribution in [0.15, 0.2) is 24.4 Å². The second-order valence-corrected chi connectivity index (χ2v) is 6.51. The molecule has 2 aromatic heterocycles. The lowest BCUT2D eigenvalue weighted by Gasteiger charge is -2.11. The largest absolute Gasteiger partial charge is 0.418 e. The van der Waals surface area contributed by atoms with Gasteiger partial charge >= 0.3 is 6.18 Å². The fourth-order valence-electron chi connectivity index (χ4n) is 3.28. The van der Waals surface area contributed by atoms with Gasteiger partial charge in [-0.1, -0.05) is 0 Å². The van der Waals surface area contributed by atoms with Gasteiger partial charge in [0.2, 0.25) is 5.95 Å². The number of nitrogens with zero attached hydrogens (tertiary/aromatic N) is 3. The van der Waals surface area contributed by atoms with Crippen molar-refractivity contribution in [1.29, 1.82) is 0 Å². The Morgan fingerprint density at radius 3 is 2.79 bits per heavy atom. The van der Waals surface area contributed by atoms with E-state index >= 15 is 0 Å². The Morgan fingerprint density at radius 2 is 2.07 bits per heavy atom. The molecule has 146 valence electrons. The van der Waals surface area contributed by atoms with E-state index in [0.717, 1.165) is 11.8 Å². The zero-order valence-electron chi connectivity index (χ0n) is 15.1. The van der Waals surface area contributed by atoms with Crippen LogP contribution in [-0.2, 0) is 12.7 Å². The highest BCUT2D eigenvalue weighted by Crippen LogP contribution is 2.37. The smallest absolute Gasteiger partial charge is 0.370 e. The first-order valence-electron chi connectivity index (χ1n) is 8.63. The van der Waals surface area contributed by atoms with Crippen molar-refractivity contribution in [3.63, 3.8) is 0 Å². The summed E-state index contributed by atoms with van der Waals surface area (Å²) >= 11 is 0. The summed E-state index contributed by atoms with van der Waals surface area (Å²) in [5.41, 5.74) is 1.41. The maximum Gasteiger partial charge on any atom is 0.418 e. The van der Waals surface area contributed by atoms with Gasteiger partial charge in [-0.15, -0.1) is 0 Å². The fraction of sp³-hybridized carbons (Fsp3) is 0.278. The van der Waals surface area contributed by atoms with Crippen molar-refractivity contribution < 1.29 is 18.0 Å². The lowest BCUT2D eigenvalue weighted by Crippen LogP contribution is -2.17. The number of aromatic nitrogens is 3. The number of hydrogen-bond donors (Lipinski definition) is 3. The number of anilines is 3. The Morgan fingerprint density at radius 1 is 1.29 bits per heavy atom. The molecule has 3 aromatic rings. The Kier molecular flexibility index (Phi) is 4.13. The Bertz CT molecular complexity index is 1080. The second-order valence-electron chi connectivity index (χ2n) is 6.51. The molecule has 1 aromatic carbocycles. The Hall–Kier alpha value is -3.30. The minimum Gasteiger partial charge on any atom is -0.370 e. The molecule has 0 atom stereocenters. The molecule has 1 aliphatic heterocycles. The van der Waals surface area contributed by atoms with Gasteiger partial charge in [-0.25, -0.2) is 0 Å². The van der Waals surface area contributed by atoms with Crippen molar-refractivity contribution in [1.82, 2.24) is 19.9 Å². The van der Waals surface area contributed by atoms with Crippen LogP contribution in [0.2, 0.25) is 0 Å². The van der Waals surface area contributed by atoms with Crippen LogP contribution in [0, 0.1) is 0 Å². The molecule has 1 aliphatic rings.